The van der Waals surface area contributed by atoms with Gasteiger partial charge in [-0.2, -0.15) is 4.98 Å². The van der Waals surface area contributed by atoms with Gasteiger partial charge in [0.2, 0.25) is 5.89 Å². The SMILES string of the molecule is CNCCc1noc(Cc2cc(C)ccc2C)n1. The minimum absolute atomic E-state index is 0.690. The Hall–Kier alpha value is -1.68. The van der Waals surface area contributed by atoms with Gasteiger partial charge in [-0.25, -0.2) is 0 Å². The highest BCUT2D eigenvalue weighted by Gasteiger charge is 2.08. The van der Waals surface area contributed by atoms with Crippen molar-refractivity contribution in [3.05, 3.63) is 46.6 Å². The highest BCUT2D eigenvalue weighted by Crippen LogP contribution is 2.14. The summed E-state index contributed by atoms with van der Waals surface area (Å²) in [4.78, 5) is 4.40. The van der Waals surface area contributed by atoms with Crippen LogP contribution in [0.5, 0.6) is 0 Å². The first-order chi connectivity index (χ1) is 8.69. The first kappa shape index (κ1) is 12.8. The average Bonchev–Trinajstić information content (AvgIpc) is 2.79. The molecule has 0 amide bonds. The molecular formula is C14H19N3O. The zero-order valence-corrected chi connectivity index (χ0v) is 11.2. The van der Waals surface area contributed by atoms with Gasteiger partial charge in [-0.1, -0.05) is 28.9 Å². The summed E-state index contributed by atoms with van der Waals surface area (Å²) >= 11 is 0. The van der Waals surface area contributed by atoms with Crippen molar-refractivity contribution < 1.29 is 4.52 Å². The van der Waals surface area contributed by atoms with Crippen LogP contribution in [0, 0.1) is 13.8 Å². The summed E-state index contributed by atoms with van der Waals surface area (Å²) in [7, 11) is 1.91. The highest BCUT2D eigenvalue weighted by atomic mass is 16.5. The normalized spacial score (nSPS) is 10.8. The second-order valence-electron chi connectivity index (χ2n) is 4.56. The summed E-state index contributed by atoms with van der Waals surface area (Å²) in [5.74, 6) is 1.46. The molecule has 0 aliphatic carbocycles. The van der Waals surface area contributed by atoms with Crippen molar-refractivity contribution in [2.75, 3.05) is 13.6 Å². The zero-order valence-electron chi connectivity index (χ0n) is 11.2. The number of nitrogens with one attached hydrogen (secondary N) is 1. The van der Waals surface area contributed by atoms with Gasteiger partial charge in [-0.15, -0.1) is 0 Å². The molecule has 0 unspecified atom stereocenters. The van der Waals surface area contributed by atoms with Crippen molar-refractivity contribution in [1.29, 1.82) is 0 Å². The Morgan fingerprint density at radius 1 is 1.28 bits per heavy atom. The van der Waals surface area contributed by atoms with Crippen LogP contribution in [-0.2, 0) is 12.8 Å². The zero-order chi connectivity index (χ0) is 13.0. The van der Waals surface area contributed by atoms with Crippen LogP contribution in [0.4, 0.5) is 0 Å². The number of benzene rings is 1. The Bertz CT molecular complexity index is 520. The molecular weight excluding hydrogens is 226 g/mol. The van der Waals surface area contributed by atoms with Gasteiger partial charge in [0, 0.05) is 13.0 Å². The van der Waals surface area contributed by atoms with E-state index in [4.69, 9.17) is 4.52 Å². The van der Waals surface area contributed by atoms with E-state index >= 15 is 0 Å². The average molecular weight is 245 g/mol. The maximum absolute atomic E-state index is 5.27. The Labute approximate surface area is 107 Å². The lowest BCUT2D eigenvalue weighted by Gasteiger charge is -2.03. The molecule has 0 spiro atoms. The summed E-state index contributed by atoms with van der Waals surface area (Å²) < 4.78 is 5.27. The molecule has 0 saturated carbocycles. The van der Waals surface area contributed by atoms with E-state index in [2.05, 4.69) is 47.5 Å². The fourth-order valence-corrected chi connectivity index (χ4v) is 1.85. The molecule has 1 aromatic carbocycles. The fraction of sp³-hybridized carbons (Fsp3) is 0.429. The summed E-state index contributed by atoms with van der Waals surface area (Å²) in [5.41, 5.74) is 3.76. The van der Waals surface area contributed by atoms with Crippen molar-refractivity contribution in [2.45, 2.75) is 26.7 Å². The van der Waals surface area contributed by atoms with Crippen LogP contribution < -0.4 is 5.32 Å². The predicted molar refractivity (Wildman–Crippen MR) is 70.7 cm³/mol. The van der Waals surface area contributed by atoms with Crippen molar-refractivity contribution in [1.82, 2.24) is 15.5 Å². The van der Waals surface area contributed by atoms with Crippen molar-refractivity contribution in [3.63, 3.8) is 0 Å². The minimum Gasteiger partial charge on any atom is -0.339 e. The van der Waals surface area contributed by atoms with Gasteiger partial charge in [0.1, 0.15) is 0 Å². The molecule has 0 aliphatic rings. The lowest BCUT2D eigenvalue weighted by Crippen LogP contribution is -2.11. The van der Waals surface area contributed by atoms with Crippen LogP contribution in [0.1, 0.15) is 28.4 Å². The van der Waals surface area contributed by atoms with E-state index in [1.54, 1.807) is 0 Å². The second kappa shape index (κ2) is 5.78. The van der Waals surface area contributed by atoms with Crippen molar-refractivity contribution in [2.24, 2.45) is 0 Å². The molecule has 0 fully saturated rings. The van der Waals surface area contributed by atoms with Gasteiger partial charge >= 0.3 is 0 Å². The number of hydrogen-bond donors (Lipinski definition) is 1. The van der Waals surface area contributed by atoms with E-state index in [0.717, 1.165) is 18.8 Å². The summed E-state index contributed by atoms with van der Waals surface area (Å²) in [5, 5.41) is 7.05. The number of aromatic nitrogens is 2. The number of rotatable bonds is 5. The Morgan fingerprint density at radius 2 is 2.11 bits per heavy atom. The second-order valence-corrected chi connectivity index (χ2v) is 4.56. The van der Waals surface area contributed by atoms with E-state index < -0.39 is 0 Å². The van der Waals surface area contributed by atoms with Crippen LogP contribution in [0.3, 0.4) is 0 Å². The van der Waals surface area contributed by atoms with Gasteiger partial charge in [-0.05, 0) is 32.0 Å². The fourth-order valence-electron chi connectivity index (χ4n) is 1.85. The number of hydrogen-bond acceptors (Lipinski definition) is 4. The maximum atomic E-state index is 5.27. The molecule has 0 atom stereocenters. The molecule has 2 rings (SSSR count). The number of aryl methyl sites for hydroxylation is 2. The van der Waals surface area contributed by atoms with E-state index in [-0.39, 0.29) is 0 Å². The highest BCUT2D eigenvalue weighted by molar-refractivity contribution is 5.32. The van der Waals surface area contributed by atoms with Crippen molar-refractivity contribution >= 4 is 0 Å². The summed E-state index contributed by atoms with van der Waals surface area (Å²) in [6.45, 7) is 5.06. The smallest absolute Gasteiger partial charge is 0.231 e. The Kier molecular flexibility index (Phi) is 4.10. The lowest BCUT2D eigenvalue weighted by atomic mass is 10.0. The van der Waals surface area contributed by atoms with Crippen molar-refractivity contribution in [3.8, 4) is 0 Å². The van der Waals surface area contributed by atoms with Gasteiger partial charge in [0.05, 0.1) is 6.42 Å². The molecule has 0 radical (unpaired) electrons. The topological polar surface area (TPSA) is 51.0 Å². The third-order valence-electron chi connectivity index (χ3n) is 2.96. The van der Waals surface area contributed by atoms with Crippen LogP contribution >= 0.6 is 0 Å². The van der Waals surface area contributed by atoms with E-state index in [1.165, 1.54) is 16.7 Å². The third kappa shape index (κ3) is 3.17. The molecule has 0 bridgehead atoms. The minimum atomic E-state index is 0.690. The molecule has 1 aromatic heterocycles. The molecule has 0 saturated heterocycles. The number of likely N-dealkylation sites (N-methyl/N-ethyl adjacent to an activating group) is 1. The van der Waals surface area contributed by atoms with Gasteiger partial charge < -0.3 is 9.84 Å². The van der Waals surface area contributed by atoms with Crippen LogP contribution in [-0.4, -0.2) is 23.7 Å². The molecule has 96 valence electrons. The monoisotopic (exact) mass is 245 g/mol. The predicted octanol–water partition coefficient (Wildman–Crippen LogP) is 2.04. The largest absolute Gasteiger partial charge is 0.339 e. The summed E-state index contributed by atoms with van der Waals surface area (Å²) in [6, 6.07) is 6.42. The van der Waals surface area contributed by atoms with E-state index in [9.17, 15) is 0 Å². The van der Waals surface area contributed by atoms with E-state index in [1.807, 2.05) is 7.05 Å². The Morgan fingerprint density at radius 3 is 2.89 bits per heavy atom. The molecule has 2 aromatic rings. The standard InChI is InChI=1S/C14H19N3O/c1-10-4-5-11(2)12(8-10)9-14-16-13(17-18-14)6-7-15-3/h4-5,8,15H,6-7,9H2,1-3H3. The molecule has 0 aliphatic heterocycles. The Balaban J connectivity index is 2.08. The van der Waals surface area contributed by atoms with Crippen LogP contribution in [0.15, 0.2) is 22.7 Å². The van der Waals surface area contributed by atoms with Gasteiger partial charge in [0.25, 0.3) is 0 Å². The van der Waals surface area contributed by atoms with E-state index in [0.29, 0.717) is 12.3 Å². The summed E-state index contributed by atoms with van der Waals surface area (Å²) in [6.07, 6.45) is 1.51. The van der Waals surface area contributed by atoms with Gasteiger partial charge in [-0.3, -0.25) is 0 Å². The number of nitrogens with zero attached hydrogens (tertiary/aromatic N) is 2. The quantitative estimate of drug-likeness (QED) is 0.875. The molecule has 1 N–H and O–H groups in total. The first-order valence-electron chi connectivity index (χ1n) is 6.21. The first-order valence-corrected chi connectivity index (χ1v) is 6.21. The maximum Gasteiger partial charge on any atom is 0.231 e. The van der Waals surface area contributed by atoms with Crippen LogP contribution in [0.25, 0.3) is 0 Å². The van der Waals surface area contributed by atoms with Gasteiger partial charge in [0.15, 0.2) is 5.82 Å². The lowest BCUT2D eigenvalue weighted by molar-refractivity contribution is 0.379. The molecule has 4 nitrogen and oxygen atoms in total. The molecule has 1 heterocycles. The van der Waals surface area contributed by atoms with Crippen LogP contribution in [0.2, 0.25) is 0 Å². The molecule has 18 heavy (non-hydrogen) atoms. The third-order valence-corrected chi connectivity index (χ3v) is 2.96. The molecule has 4 heteroatoms.